The Morgan fingerprint density at radius 2 is 2.18 bits per heavy atom. The Morgan fingerprint density at radius 3 is 2.88 bits per heavy atom. The summed E-state index contributed by atoms with van der Waals surface area (Å²) in [5.74, 6) is 0.616. The predicted molar refractivity (Wildman–Crippen MR) is 67.7 cm³/mol. The molecule has 1 aromatic rings. The minimum Gasteiger partial charge on any atom is -0.391 e. The molecule has 2 atom stereocenters. The highest BCUT2D eigenvalue weighted by atomic mass is 16.5. The Morgan fingerprint density at radius 1 is 1.35 bits per heavy atom. The van der Waals surface area contributed by atoms with Crippen molar-refractivity contribution < 1.29 is 9.84 Å². The molecule has 1 fully saturated rings. The molecule has 0 aliphatic carbocycles. The third-order valence-corrected chi connectivity index (χ3v) is 3.19. The van der Waals surface area contributed by atoms with Gasteiger partial charge in [0.15, 0.2) is 0 Å². The molecule has 3 nitrogen and oxygen atoms in total. The highest BCUT2D eigenvalue weighted by Crippen LogP contribution is 2.14. The van der Waals surface area contributed by atoms with Gasteiger partial charge in [-0.1, -0.05) is 30.3 Å². The second-order valence-electron chi connectivity index (χ2n) is 4.75. The van der Waals surface area contributed by atoms with Crippen molar-refractivity contribution in [3.63, 3.8) is 0 Å². The van der Waals surface area contributed by atoms with Gasteiger partial charge in [0.2, 0.25) is 0 Å². The lowest BCUT2D eigenvalue weighted by Crippen LogP contribution is -2.20. The van der Waals surface area contributed by atoms with Crippen molar-refractivity contribution in [2.75, 3.05) is 19.7 Å². The van der Waals surface area contributed by atoms with Crippen molar-refractivity contribution in [3.05, 3.63) is 35.9 Å². The minimum atomic E-state index is -0.330. The van der Waals surface area contributed by atoms with Crippen molar-refractivity contribution in [2.24, 2.45) is 5.92 Å². The molecule has 0 amide bonds. The maximum atomic E-state index is 9.83. The topological polar surface area (TPSA) is 41.5 Å². The first-order chi connectivity index (χ1) is 8.34. The third-order valence-electron chi connectivity index (χ3n) is 3.19. The quantitative estimate of drug-likeness (QED) is 0.786. The molecule has 0 spiro atoms. The van der Waals surface area contributed by atoms with Crippen LogP contribution in [0.25, 0.3) is 0 Å². The fourth-order valence-corrected chi connectivity index (χ4v) is 2.26. The summed E-state index contributed by atoms with van der Waals surface area (Å²) in [4.78, 5) is 0. The zero-order valence-corrected chi connectivity index (χ0v) is 10.1. The van der Waals surface area contributed by atoms with Crippen molar-refractivity contribution in [1.29, 1.82) is 0 Å². The highest BCUT2D eigenvalue weighted by Gasteiger charge is 2.18. The van der Waals surface area contributed by atoms with Crippen LogP contribution in [0.15, 0.2) is 30.3 Å². The summed E-state index contributed by atoms with van der Waals surface area (Å²) in [7, 11) is 0. The van der Waals surface area contributed by atoms with Gasteiger partial charge in [0.1, 0.15) is 0 Å². The molecular formula is C14H21NO2. The maximum Gasteiger partial charge on any atom is 0.0777 e. The maximum absolute atomic E-state index is 9.83. The van der Waals surface area contributed by atoms with Crippen LogP contribution in [0, 0.1) is 5.92 Å². The molecular weight excluding hydrogens is 214 g/mol. The van der Waals surface area contributed by atoms with E-state index in [-0.39, 0.29) is 6.10 Å². The number of aliphatic hydroxyl groups excluding tert-OH is 1. The van der Waals surface area contributed by atoms with Gasteiger partial charge in [-0.05, 0) is 37.4 Å². The lowest BCUT2D eigenvalue weighted by molar-refractivity contribution is 0.0178. The average Bonchev–Trinajstić information content (AvgIpc) is 2.83. The van der Waals surface area contributed by atoms with E-state index < -0.39 is 0 Å². The number of rotatable bonds is 6. The summed E-state index contributed by atoms with van der Waals surface area (Å²) in [5.41, 5.74) is 1.15. The smallest absolute Gasteiger partial charge is 0.0777 e. The predicted octanol–water partition coefficient (Wildman–Crippen LogP) is 1.56. The van der Waals surface area contributed by atoms with Crippen molar-refractivity contribution in [1.82, 2.24) is 5.32 Å². The van der Waals surface area contributed by atoms with Crippen molar-refractivity contribution >= 4 is 0 Å². The number of ether oxygens (including phenoxy) is 1. The molecule has 3 heteroatoms. The van der Waals surface area contributed by atoms with E-state index >= 15 is 0 Å². The van der Waals surface area contributed by atoms with Gasteiger partial charge >= 0.3 is 0 Å². The van der Waals surface area contributed by atoms with E-state index in [0.29, 0.717) is 19.1 Å². The first-order valence-electron chi connectivity index (χ1n) is 6.35. The van der Waals surface area contributed by atoms with Crippen LogP contribution in [0.2, 0.25) is 0 Å². The van der Waals surface area contributed by atoms with Crippen LogP contribution in [0.3, 0.4) is 0 Å². The Balaban J connectivity index is 1.61. The first-order valence-corrected chi connectivity index (χ1v) is 6.35. The second-order valence-corrected chi connectivity index (χ2v) is 4.75. The van der Waals surface area contributed by atoms with Gasteiger partial charge in [0, 0.05) is 0 Å². The van der Waals surface area contributed by atoms with Crippen LogP contribution in [0.4, 0.5) is 0 Å². The Hall–Kier alpha value is -0.900. The molecule has 0 bridgehead atoms. The summed E-state index contributed by atoms with van der Waals surface area (Å²) < 4.78 is 5.52. The van der Waals surface area contributed by atoms with Crippen LogP contribution >= 0.6 is 0 Å². The third kappa shape index (κ3) is 4.46. The summed E-state index contributed by atoms with van der Waals surface area (Å²) in [5, 5.41) is 13.1. The number of aliphatic hydroxyl groups is 1. The first kappa shape index (κ1) is 12.6. The van der Waals surface area contributed by atoms with Gasteiger partial charge < -0.3 is 15.2 Å². The number of hydrogen-bond acceptors (Lipinski definition) is 3. The number of nitrogens with one attached hydrogen (secondary N) is 1. The van der Waals surface area contributed by atoms with Crippen molar-refractivity contribution in [3.8, 4) is 0 Å². The minimum absolute atomic E-state index is 0.330. The standard InChI is InChI=1S/C14H21NO2/c16-14(8-13-6-7-15-9-13)11-17-10-12-4-2-1-3-5-12/h1-5,13-16H,6-11H2. The molecule has 1 aliphatic heterocycles. The zero-order chi connectivity index (χ0) is 11.9. The van der Waals surface area contributed by atoms with Crippen LogP contribution in [0.5, 0.6) is 0 Å². The Bertz CT molecular complexity index is 309. The van der Waals surface area contributed by atoms with E-state index in [4.69, 9.17) is 4.74 Å². The van der Waals surface area contributed by atoms with Gasteiger partial charge in [-0.15, -0.1) is 0 Å². The summed E-state index contributed by atoms with van der Waals surface area (Å²) in [6, 6.07) is 10.1. The molecule has 1 aromatic carbocycles. The molecule has 94 valence electrons. The Labute approximate surface area is 103 Å². The summed E-state index contributed by atoms with van der Waals surface area (Å²) in [6.07, 6.45) is 1.70. The van der Waals surface area contributed by atoms with Crippen LogP contribution < -0.4 is 5.32 Å². The van der Waals surface area contributed by atoms with Crippen LogP contribution in [-0.2, 0) is 11.3 Å². The van der Waals surface area contributed by atoms with E-state index in [1.165, 1.54) is 6.42 Å². The van der Waals surface area contributed by atoms with Crippen LogP contribution in [0.1, 0.15) is 18.4 Å². The Kier molecular flexibility index (Phi) is 4.98. The molecule has 2 unspecified atom stereocenters. The van der Waals surface area contributed by atoms with E-state index in [1.807, 2.05) is 30.3 Å². The van der Waals surface area contributed by atoms with E-state index in [9.17, 15) is 5.11 Å². The summed E-state index contributed by atoms with van der Waals surface area (Å²) >= 11 is 0. The van der Waals surface area contributed by atoms with E-state index in [1.54, 1.807) is 0 Å². The van der Waals surface area contributed by atoms with Gasteiger partial charge in [-0.3, -0.25) is 0 Å². The molecule has 2 rings (SSSR count). The molecule has 2 N–H and O–H groups in total. The molecule has 17 heavy (non-hydrogen) atoms. The van der Waals surface area contributed by atoms with Gasteiger partial charge in [0.05, 0.1) is 19.3 Å². The largest absolute Gasteiger partial charge is 0.391 e. The normalized spacial score (nSPS) is 21.6. The number of benzene rings is 1. The van der Waals surface area contributed by atoms with E-state index in [2.05, 4.69) is 5.32 Å². The lowest BCUT2D eigenvalue weighted by atomic mass is 10.0. The fourth-order valence-electron chi connectivity index (χ4n) is 2.26. The zero-order valence-electron chi connectivity index (χ0n) is 10.1. The van der Waals surface area contributed by atoms with E-state index in [0.717, 1.165) is 25.1 Å². The molecule has 1 heterocycles. The van der Waals surface area contributed by atoms with Gasteiger partial charge in [-0.2, -0.15) is 0 Å². The van der Waals surface area contributed by atoms with Gasteiger partial charge in [0.25, 0.3) is 0 Å². The highest BCUT2D eigenvalue weighted by molar-refractivity contribution is 5.13. The fraction of sp³-hybridized carbons (Fsp3) is 0.571. The molecule has 1 saturated heterocycles. The summed E-state index contributed by atoms with van der Waals surface area (Å²) in [6.45, 7) is 3.14. The molecule has 0 radical (unpaired) electrons. The number of hydrogen-bond donors (Lipinski definition) is 2. The SMILES string of the molecule is OC(COCc1ccccc1)CC1CCNC1. The monoisotopic (exact) mass is 235 g/mol. The lowest BCUT2D eigenvalue weighted by Gasteiger charge is -2.15. The van der Waals surface area contributed by atoms with Crippen molar-refractivity contribution in [2.45, 2.75) is 25.6 Å². The molecule has 0 saturated carbocycles. The van der Waals surface area contributed by atoms with Crippen LogP contribution in [-0.4, -0.2) is 30.9 Å². The molecule has 0 aromatic heterocycles. The van der Waals surface area contributed by atoms with Gasteiger partial charge in [-0.25, -0.2) is 0 Å². The second kappa shape index (κ2) is 6.74. The molecule has 1 aliphatic rings. The average molecular weight is 235 g/mol.